The van der Waals surface area contributed by atoms with E-state index in [1.165, 1.54) is 0 Å². The maximum Gasteiger partial charge on any atom is 0.234 e. The van der Waals surface area contributed by atoms with Crippen LogP contribution in [0.25, 0.3) is 0 Å². The van der Waals surface area contributed by atoms with Crippen LogP contribution in [0.3, 0.4) is 0 Å². The van der Waals surface area contributed by atoms with Gasteiger partial charge in [-0.1, -0.05) is 12.1 Å². The van der Waals surface area contributed by atoms with E-state index >= 15 is 0 Å². The predicted octanol–water partition coefficient (Wildman–Crippen LogP) is 2.34. The van der Waals surface area contributed by atoms with Crippen LogP contribution >= 0.6 is 0 Å². The van der Waals surface area contributed by atoms with Gasteiger partial charge in [-0.25, -0.2) is 0 Å². The van der Waals surface area contributed by atoms with E-state index in [9.17, 15) is 4.79 Å². The zero-order chi connectivity index (χ0) is 14.3. The summed E-state index contributed by atoms with van der Waals surface area (Å²) in [6, 6.07) is 6.07. The second-order valence-corrected chi connectivity index (χ2v) is 6.39. The zero-order valence-corrected chi connectivity index (χ0v) is 12.1. The summed E-state index contributed by atoms with van der Waals surface area (Å²) in [5.74, 6) is 0.425. The van der Waals surface area contributed by atoms with E-state index in [-0.39, 0.29) is 11.9 Å². The Morgan fingerprint density at radius 3 is 2.95 bits per heavy atom. The van der Waals surface area contributed by atoms with Crippen LogP contribution in [0.15, 0.2) is 18.2 Å². The van der Waals surface area contributed by atoms with Gasteiger partial charge in [-0.2, -0.15) is 0 Å². The van der Waals surface area contributed by atoms with Crippen LogP contribution in [-0.4, -0.2) is 19.1 Å². The fourth-order valence-corrected chi connectivity index (χ4v) is 3.12. The molecule has 2 atom stereocenters. The van der Waals surface area contributed by atoms with Crippen molar-refractivity contribution in [2.45, 2.75) is 38.1 Å². The lowest BCUT2D eigenvalue weighted by molar-refractivity contribution is -0.119. The molecule has 2 unspecified atom stereocenters. The van der Waals surface area contributed by atoms with Crippen molar-refractivity contribution in [3.05, 3.63) is 29.3 Å². The maximum atomic E-state index is 12.0. The molecule has 1 saturated heterocycles. The summed E-state index contributed by atoms with van der Waals surface area (Å²) in [5, 5.41) is 2.93. The van der Waals surface area contributed by atoms with Crippen LogP contribution in [0.2, 0.25) is 0 Å². The number of carbonyl (C=O) groups excluding carboxylic acids is 1. The first-order valence-corrected chi connectivity index (χ1v) is 7.29. The van der Waals surface area contributed by atoms with Crippen LogP contribution < -0.4 is 11.1 Å². The van der Waals surface area contributed by atoms with Crippen molar-refractivity contribution in [3.8, 4) is 0 Å². The van der Waals surface area contributed by atoms with Gasteiger partial charge in [-0.15, -0.1) is 0 Å². The van der Waals surface area contributed by atoms with Crippen molar-refractivity contribution in [1.82, 2.24) is 0 Å². The van der Waals surface area contributed by atoms with Gasteiger partial charge in [-0.05, 0) is 43.9 Å². The zero-order valence-electron chi connectivity index (χ0n) is 12.1. The number of carbonyl (C=O) groups is 1. The minimum absolute atomic E-state index is 0.0212. The standard InChI is InChI=1S/C16H22N2O2/c1-16(2)12-8-10(5-6-13(12)18-15(16)19)14(17)11-4-3-7-20-9-11/h5-6,8,11,14H,3-4,7,9,17H2,1-2H3,(H,18,19). The molecule has 108 valence electrons. The highest BCUT2D eigenvalue weighted by Crippen LogP contribution is 2.39. The fraction of sp³-hybridized carbons (Fsp3) is 0.562. The smallest absolute Gasteiger partial charge is 0.234 e. The molecule has 0 bridgehead atoms. The van der Waals surface area contributed by atoms with Crippen LogP contribution in [0.4, 0.5) is 5.69 Å². The lowest BCUT2D eigenvalue weighted by atomic mass is 9.82. The van der Waals surface area contributed by atoms with E-state index in [2.05, 4.69) is 11.4 Å². The molecule has 4 nitrogen and oxygen atoms in total. The molecule has 2 aliphatic heterocycles. The molecule has 1 aromatic rings. The number of anilines is 1. The van der Waals surface area contributed by atoms with Crippen LogP contribution in [0.1, 0.15) is 43.9 Å². The number of nitrogens with two attached hydrogens (primary N) is 1. The molecule has 1 amide bonds. The minimum Gasteiger partial charge on any atom is -0.381 e. The van der Waals surface area contributed by atoms with Crippen LogP contribution in [-0.2, 0) is 14.9 Å². The highest BCUT2D eigenvalue weighted by atomic mass is 16.5. The Balaban J connectivity index is 1.89. The molecule has 0 saturated carbocycles. The second kappa shape index (κ2) is 4.86. The van der Waals surface area contributed by atoms with Gasteiger partial charge < -0.3 is 15.8 Å². The summed E-state index contributed by atoms with van der Waals surface area (Å²) in [7, 11) is 0. The average molecular weight is 274 g/mol. The molecule has 3 N–H and O–H groups in total. The molecule has 20 heavy (non-hydrogen) atoms. The van der Waals surface area contributed by atoms with Gasteiger partial charge >= 0.3 is 0 Å². The minimum atomic E-state index is -0.478. The number of hydrogen-bond donors (Lipinski definition) is 2. The Bertz CT molecular complexity index is 533. The summed E-state index contributed by atoms with van der Waals surface area (Å²) >= 11 is 0. The topological polar surface area (TPSA) is 64.4 Å². The first-order chi connectivity index (χ1) is 9.50. The van der Waals surface area contributed by atoms with Gasteiger partial charge in [0.15, 0.2) is 0 Å². The summed E-state index contributed by atoms with van der Waals surface area (Å²) in [6.07, 6.45) is 2.19. The molecule has 1 fully saturated rings. The third-order valence-corrected chi connectivity index (χ3v) is 4.62. The van der Waals surface area contributed by atoms with Gasteiger partial charge in [0.25, 0.3) is 0 Å². The molecular formula is C16H22N2O2. The monoisotopic (exact) mass is 274 g/mol. The van der Waals surface area contributed by atoms with Crippen LogP contribution in [0, 0.1) is 5.92 Å². The largest absolute Gasteiger partial charge is 0.381 e. The molecule has 0 aliphatic carbocycles. The van der Waals surface area contributed by atoms with E-state index in [1.54, 1.807) is 0 Å². The van der Waals surface area contributed by atoms with E-state index < -0.39 is 5.41 Å². The Kier molecular flexibility index (Phi) is 3.30. The molecule has 0 aromatic heterocycles. The van der Waals surface area contributed by atoms with E-state index in [0.717, 1.165) is 42.9 Å². The Morgan fingerprint density at radius 2 is 2.25 bits per heavy atom. The van der Waals surface area contributed by atoms with Crippen molar-refractivity contribution < 1.29 is 9.53 Å². The summed E-state index contributed by atoms with van der Waals surface area (Å²) in [6.45, 7) is 5.48. The molecule has 2 aliphatic rings. The van der Waals surface area contributed by atoms with Gasteiger partial charge in [0.1, 0.15) is 0 Å². The average Bonchev–Trinajstić information content (AvgIpc) is 2.69. The van der Waals surface area contributed by atoms with Gasteiger partial charge in [0.05, 0.1) is 12.0 Å². The number of fused-ring (bicyclic) bond motifs is 1. The molecule has 4 heteroatoms. The molecule has 2 heterocycles. The SMILES string of the molecule is CC1(C)C(=O)Nc2ccc(C(N)C3CCCOC3)cc21. The highest BCUT2D eigenvalue weighted by molar-refractivity contribution is 6.05. The number of ether oxygens (including phenoxy) is 1. The number of rotatable bonds is 2. The fourth-order valence-electron chi connectivity index (χ4n) is 3.12. The summed E-state index contributed by atoms with van der Waals surface area (Å²) in [5.41, 5.74) is 8.99. The van der Waals surface area contributed by atoms with E-state index in [4.69, 9.17) is 10.5 Å². The molecule has 1 aromatic carbocycles. The highest BCUT2D eigenvalue weighted by Gasteiger charge is 2.38. The Labute approximate surface area is 119 Å². The number of benzene rings is 1. The quantitative estimate of drug-likeness (QED) is 0.870. The first-order valence-electron chi connectivity index (χ1n) is 7.29. The number of hydrogen-bond acceptors (Lipinski definition) is 3. The lowest BCUT2D eigenvalue weighted by Gasteiger charge is -2.28. The molecule has 3 rings (SSSR count). The Morgan fingerprint density at radius 1 is 1.45 bits per heavy atom. The summed E-state index contributed by atoms with van der Waals surface area (Å²) < 4.78 is 5.53. The maximum absolute atomic E-state index is 12.0. The number of nitrogens with one attached hydrogen (secondary N) is 1. The molecular weight excluding hydrogens is 252 g/mol. The van der Waals surface area contributed by atoms with Gasteiger partial charge in [0.2, 0.25) is 5.91 Å². The van der Waals surface area contributed by atoms with E-state index in [0.29, 0.717) is 5.92 Å². The Hall–Kier alpha value is -1.39. The third kappa shape index (κ3) is 2.13. The van der Waals surface area contributed by atoms with Crippen molar-refractivity contribution in [1.29, 1.82) is 0 Å². The second-order valence-electron chi connectivity index (χ2n) is 6.39. The predicted molar refractivity (Wildman–Crippen MR) is 78.6 cm³/mol. The number of amides is 1. The van der Waals surface area contributed by atoms with E-state index in [1.807, 2.05) is 26.0 Å². The molecule has 0 spiro atoms. The van der Waals surface area contributed by atoms with Gasteiger partial charge in [0, 0.05) is 24.3 Å². The van der Waals surface area contributed by atoms with Crippen molar-refractivity contribution in [3.63, 3.8) is 0 Å². The van der Waals surface area contributed by atoms with Crippen molar-refractivity contribution >= 4 is 11.6 Å². The summed E-state index contributed by atoms with van der Waals surface area (Å²) in [4.78, 5) is 12.0. The third-order valence-electron chi connectivity index (χ3n) is 4.62. The molecule has 0 radical (unpaired) electrons. The van der Waals surface area contributed by atoms with Crippen molar-refractivity contribution in [2.24, 2.45) is 11.7 Å². The lowest BCUT2D eigenvalue weighted by Crippen LogP contribution is -2.29. The van der Waals surface area contributed by atoms with Crippen molar-refractivity contribution in [2.75, 3.05) is 18.5 Å². The van der Waals surface area contributed by atoms with Gasteiger partial charge in [-0.3, -0.25) is 4.79 Å². The first kappa shape index (κ1) is 13.6. The normalized spacial score (nSPS) is 25.9. The van der Waals surface area contributed by atoms with Crippen LogP contribution in [0.5, 0.6) is 0 Å².